The van der Waals surface area contributed by atoms with Crippen LogP contribution in [0.5, 0.6) is 0 Å². The molecule has 0 aliphatic heterocycles. The lowest BCUT2D eigenvalue weighted by molar-refractivity contribution is -0.130. The first kappa shape index (κ1) is 31.4. The molecule has 6 fully saturated rings. The minimum atomic E-state index is 0.823. The van der Waals surface area contributed by atoms with E-state index in [4.69, 9.17) is 0 Å². The van der Waals surface area contributed by atoms with Crippen LogP contribution in [0, 0.1) is 45.3 Å². The summed E-state index contributed by atoms with van der Waals surface area (Å²) in [4.78, 5) is 0. The molecule has 0 amide bonds. The van der Waals surface area contributed by atoms with E-state index in [1.807, 2.05) is 0 Å². The van der Waals surface area contributed by atoms with Crippen molar-refractivity contribution in [2.24, 2.45) is 45.3 Å². The van der Waals surface area contributed by atoms with Gasteiger partial charge in [-0.25, -0.2) is 0 Å². The summed E-state index contributed by atoms with van der Waals surface area (Å²) in [5, 5.41) is 0. The Morgan fingerprint density at radius 2 is 1.00 bits per heavy atom. The summed E-state index contributed by atoms with van der Waals surface area (Å²) in [6.07, 6.45) is 43.2. The molecule has 0 aromatic heterocycles. The van der Waals surface area contributed by atoms with E-state index < -0.39 is 0 Å². The maximum atomic E-state index is 2.46. The van der Waals surface area contributed by atoms with Crippen molar-refractivity contribution in [2.75, 3.05) is 0 Å². The summed E-state index contributed by atoms with van der Waals surface area (Å²) < 4.78 is 0. The zero-order valence-electron chi connectivity index (χ0n) is 28.1. The smallest absolute Gasteiger partial charge is 0.0259 e. The van der Waals surface area contributed by atoms with E-state index in [2.05, 4.69) is 27.7 Å². The van der Waals surface area contributed by atoms with Gasteiger partial charge in [-0.1, -0.05) is 105 Å². The van der Waals surface area contributed by atoms with Crippen molar-refractivity contribution in [3.8, 4) is 0 Å². The summed E-state index contributed by atoms with van der Waals surface area (Å²) in [5.74, 6) is 4.29. The molecule has 40 heavy (non-hydrogen) atoms. The van der Waals surface area contributed by atoms with Crippen LogP contribution in [0.1, 0.15) is 207 Å². The van der Waals surface area contributed by atoms with Crippen LogP contribution in [-0.4, -0.2) is 0 Å². The third kappa shape index (κ3) is 7.20. The van der Waals surface area contributed by atoms with Gasteiger partial charge in [0.05, 0.1) is 0 Å². The van der Waals surface area contributed by atoms with Gasteiger partial charge < -0.3 is 0 Å². The average Bonchev–Trinajstić information content (AvgIpc) is 2.93. The van der Waals surface area contributed by atoms with Gasteiger partial charge in [0, 0.05) is 0 Å². The molecule has 0 N–H and O–H groups in total. The van der Waals surface area contributed by atoms with Crippen molar-refractivity contribution >= 4 is 0 Å². The molecule has 4 spiro atoms. The quantitative estimate of drug-likeness (QED) is 0.263. The Morgan fingerprint density at radius 1 is 0.475 bits per heavy atom. The molecule has 0 radical (unpaired) electrons. The first-order valence-corrected chi connectivity index (χ1v) is 19.4. The number of hydrogen-bond donors (Lipinski definition) is 0. The first-order valence-electron chi connectivity index (χ1n) is 19.4. The van der Waals surface area contributed by atoms with Gasteiger partial charge in [-0.05, 0) is 148 Å². The van der Waals surface area contributed by atoms with Gasteiger partial charge in [-0.15, -0.1) is 0 Å². The summed E-state index contributed by atoms with van der Waals surface area (Å²) in [6.45, 7) is 9.54. The van der Waals surface area contributed by atoms with E-state index >= 15 is 0 Å². The highest BCUT2D eigenvalue weighted by molar-refractivity contribution is 5.08. The van der Waals surface area contributed by atoms with E-state index in [1.165, 1.54) is 77.0 Å². The molecule has 232 valence electrons. The van der Waals surface area contributed by atoms with E-state index in [0.717, 1.165) is 45.3 Å². The fraction of sp³-hybridized carbons (Fsp3) is 1.00. The Hall–Kier alpha value is 0. The van der Waals surface area contributed by atoms with Gasteiger partial charge in [0.25, 0.3) is 0 Å². The standard InChI is InChI=1S/C22H40.C18H32/c1-3-5-6-10-19-12-15-21(16-13-19)17-22(18-21)14-8-7-11-20(22)9-4-2;1-3-4-16-7-11-18(12-8-16)13-17(14-18)9-5-15(2)6-10-17/h19-20H,3-18H2,1-2H3;15-16H,3-14H2,1-2H3. The van der Waals surface area contributed by atoms with Crippen LogP contribution >= 0.6 is 0 Å². The second-order valence-electron chi connectivity index (χ2n) is 17.7. The Kier molecular flexibility index (Phi) is 10.8. The molecule has 0 bridgehead atoms. The maximum absolute atomic E-state index is 2.46. The topological polar surface area (TPSA) is 0 Å². The SMILES string of the molecule is CCCC1CCC2(CC1)CC1(CCC(C)CC1)C2.CCCCCC1CCC2(CC1)CC1(CCCCC1CCC)C2. The fourth-order valence-corrected chi connectivity index (χ4v) is 12.3. The molecule has 0 saturated heterocycles. The van der Waals surface area contributed by atoms with Crippen molar-refractivity contribution in [1.82, 2.24) is 0 Å². The molecule has 6 aliphatic carbocycles. The molecule has 6 rings (SSSR count). The predicted molar refractivity (Wildman–Crippen MR) is 176 cm³/mol. The van der Waals surface area contributed by atoms with Gasteiger partial charge >= 0.3 is 0 Å². The molecule has 0 nitrogen and oxygen atoms in total. The second kappa shape index (κ2) is 13.7. The number of unbranched alkanes of at least 4 members (excludes halogenated alkanes) is 2. The Labute approximate surface area is 252 Å². The van der Waals surface area contributed by atoms with E-state index in [0.29, 0.717) is 0 Å². The van der Waals surface area contributed by atoms with Gasteiger partial charge in [0.2, 0.25) is 0 Å². The molecule has 6 aliphatic rings. The Bertz CT molecular complexity index is 716. The van der Waals surface area contributed by atoms with Crippen molar-refractivity contribution in [3.63, 3.8) is 0 Å². The first-order chi connectivity index (χ1) is 19.4. The molecule has 0 aromatic carbocycles. The lowest BCUT2D eigenvalue weighted by atomic mass is 9.41. The molecular formula is C40H72. The average molecular weight is 553 g/mol. The highest BCUT2D eigenvalue weighted by atomic mass is 14.6. The normalized spacial score (nSPS) is 44.7. The van der Waals surface area contributed by atoms with E-state index in [-0.39, 0.29) is 0 Å². The van der Waals surface area contributed by atoms with Crippen LogP contribution in [0.2, 0.25) is 0 Å². The van der Waals surface area contributed by atoms with Gasteiger partial charge in [0.1, 0.15) is 0 Å². The highest BCUT2D eigenvalue weighted by Crippen LogP contribution is 2.69. The van der Waals surface area contributed by atoms with E-state index in [9.17, 15) is 0 Å². The Morgan fingerprint density at radius 3 is 1.55 bits per heavy atom. The van der Waals surface area contributed by atoms with Crippen LogP contribution in [0.3, 0.4) is 0 Å². The predicted octanol–water partition coefficient (Wildman–Crippen LogP) is 13.5. The zero-order chi connectivity index (χ0) is 28.1. The van der Waals surface area contributed by atoms with Crippen LogP contribution in [0.25, 0.3) is 0 Å². The lowest BCUT2D eigenvalue weighted by Crippen LogP contribution is -2.53. The lowest BCUT2D eigenvalue weighted by Gasteiger charge is -2.63. The minimum Gasteiger partial charge on any atom is -0.0654 e. The second-order valence-corrected chi connectivity index (χ2v) is 17.7. The van der Waals surface area contributed by atoms with Crippen LogP contribution < -0.4 is 0 Å². The molecule has 0 heterocycles. The number of rotatable bonds is 8. The fourth-order valence-electron chi connectivity index (χ4n) is 12.3. The van der Waals surface area contributed by atoms with Crippen molar-refractivity contribution in [2.45, 2.75) is 207 Å². The third-order valence-electron chi connectivity index (χ3n) is 14.5. The van der Waals surface area contributed by atoms with Gasteiger partial charge in [-0.2, -0.15) is 0 Å². The molecule has 0 heteroatoms. The maximum Gasteiger partial charge on any atom is -0.0259 e. The van der Waals surface area contributed by atoms with E-state index in [1.54, 1.807) is 103 Å². The van der Waals surface area contributed by atoms with Crippen LogP contribution in [0.15, 0.2) is 0 Å². The summed E-state index contributed by atoms with van der Waals surface area (Å²) in [7, 11) is 0. The number of hydrogen-bond acceptors (Lipinski definition) is 0. The molecule has 0 aromatic rings. The largest absolute Gasteiger partial charge is 0.0654 e. The third-order valence-corrected chi connectivity index (χ3v) is 14.5. The molecule has 1 unspecified atom stereocenters. The molecule has 6 saturated carbocycles. The van der Waals surface area contributed by atoms with Crippen LogP contribution in [0.4, 0.5) is 0 Å². The highest BCUT2D eigenvalue weighted by Gasteiger charge is 2.58. The monoisotopic (exact) mass is 553 g/mol. The summed E-state index contributed by atoms with van der Waals surface area (Å²) in [5.41, 5.74) is 3.32. The van der Waals surface area contributed by atoms with Crippen molar-refractivity contribution in [3.05, 3.63) is 0 Å². The molecular weight excluding hydrogens is 480 g/mol. The van der Waals surface area contributed by atoms with Crippen molar-refractivity contribution < 1.29 is 0 Å². The van der Waals surface area contributed by atoms with Gasteiger partial charge in [-0.3, -0.25) is 0 Å². The molecule has 1 atom stereocenters. The zero-order valence-corrected chi connectivity index (χ0v) is 28.1. The Balaban J connectivity index is 0.000000164. The van der Waals surface area contributed by atoms with Crippen LogP contribution in [-0.2, 0) is 0 Å². The summed E-state index contributed by atoms with van der Waals surface area (Å²) in [6, 6.07) is 0. The minimum absolute atomic E-state index is 0.823. The van der Waals surface area contributed by atoms with Crippen molar-refractivity contribution in [1.29, 1.82) is 0 Å². The van der Waals surface area contributed by atoms with Gasteiger partial charge in [0.15, 0.2) is 0 Å². The summed E-state index contributed by atoms with van der Waals surface area (Å²) >= 11 is 0.